The number of piperidine rings is 1. The van der Waals surface area contributed by atoms with Gasteiger partial charge in [-0.15, -0.1) is 0 Å². The van der Waals surface area contributed by atoms with Crippen molar-refractivity contribution in [3.8, 4) is 0 Å². The Morgan fingerprint density at radius 1 is 1.26 bits per heavy atom. The molecule has 2 aliphatic heterocycles. The minimum absolute atomic E-state index is 0.0645. The maximum atomic E-state index is 12.3. The molecular weight excluding hydrogens is 350 g/mol. The van der Waals surface area contributed by atoms with E-state index >= 15 is 0 Å². The lowest BCUT2D eigenvalue weighted by atomic mass is 9.99. The van der Waals surface area contributed by atoms with E-state index in [0.29, 0.717) is 31.7 Å². The van der Waals surface area contributed by atoms with Gasteiger partial charge in [-0.25, -0.2) is 0 Å². The molecule has 0 saturated carbocycles. The highest BCUT2D eigenvalue weighted by atomic mass is 16.5. The van der Waals surface area contributed by atoms with Crippen LogP contribution in [0.15, 0.2) is 24.3 Å². The first-order valence-corrected chi connectivity index (χ1v) is 9.24. The van der Waals surface area contributed by atoms with E-state index in [0.717, 1.165) is 18.8 Å². The van der Waals surface area contributed by atoms with Crippen LogP contribution in [-0.4, -0.2) is 56.7 Å². The number of nitrogens with one attached hydrogen (secondary N) is 2. The van der Waals surface area contributed by atoms with Gasteiger partial charge in [0.25, 0.3) is 5.91 Å². The number of amides is 2. The third-order valence-corrected chi connectivity index (χ3v) is 4.77. The van der Waals surface area contributed by atoms with Gasteiger partial charge in [0.2, 0.25) is 5.91 Å². The number of rotatable bonds is 5. The molecule has 0 aromatic heterocycles. The summed E-state index contributed by atoms with van der Waals surface area (Å²) in [6.45, 7) is 4.92. The first-order valence-electron chi connectivity index (χ1n) is 9.24. The molecule has 1 aromatic carbocycles. The van der Waals surface area contributed by atoms with Gasteiger partial charge in [0.05, 0.1) is 19.1 Å². The van der Waals surface area contributed by atoms with Crippen LogP contribution in [0.1, 0.15) is 19.8 Å². The third-order valence-electron chi connectivity index (χ3n) is 4.77. The largest absolute Gasteiger partial charge is 0.452 e. The molecule has 8 nitrogen and oxygen atoms in total. The maximum Gasteiger partial charge on any atom is 0.311 e. The average molecular weight is 375 g/mol. The predicted octanol–water partition coefficient (Wildman–Crippen LogP) is 0.920. The molecule has 2 amide bonds. The van der Waals surface area contributed by atoms with Gasteiger partial charge in [-0.3, -0.25) is 14.4 Å². The Kier molecular flexibility index (Phi) is 6.28. The smallest absolute Gasteiger partial charge is 0.311 e. The van der Waals surface area contributed by atoms with Gasteiger partial charge >= 0.3 is 5.97 Å². The summed E-state index contributed by atoms with van der Waals surface area (Å²) in [5.74, 6) is -1.31. The molecule has 0 bridgehead atoms. The monoisotopic (exact) mass is 375 g/mol. The van der Waals surface area contributed by atoms with Crippen molar-refractivity contribution in [2.24, 2.45) is 5.92 Å². The molecule has 146 valence electrons. The van der Waals surface area contributed by atoms with Gasteiger partial charge < -0.3 is 25.0 Å². The molecule has 8 heteroatoms. The fourth-order valence-corrected chi connectivity index (χ4v) is 3.08. The van der Waals surface area contributed by atoms with E-state index < -0.39 is 18.0 Å². The third kappa shape index (κ3) is 5.19. The Labute approximate surface area is 158 Å². The summed E-state index contributed by atoms with van der Waals surface area (Å²) in [6.07, 6.45) is -0.160. The Balaban J connectivity index is 1.48. The zero-order chi connectivity index (χ0) is 19.2. The van der Waals surface area contributed by atoms with Crippen molar-refractivity contribution in [3.63, 3.8) is 0 Å². The number of nitrogens with zero attached hydrogens (tertiary/aromatic N) is 1. The number of carbonyl (C=O) groups is 3. The first-order chi connectivity index (χ1) is 13.0. The maximum absolute atomic E-state index is 12.3. The van der Waals surface area contributed by atoms with Gasteiger partial charge in [0.15, 0.2) is 6.10 Å². The topological polar surface area (TPSA) is 97.0 Å². The van der Waals surface area contributed by atoms with Crippen LogP contribution in [0.4, 0.5) is 11.4 Å². The van der Waals surface area contributed by atoms with Crippen LogP contribution < -0.4 is 15.5 Å². The van der Waals surface area contributed by atoms with Crippen LogP contribution in [-0.2, 0) is 23.9 Å². The minimum atomic E-state index is -0.908. The van der Waals surface area contributed by atoms with E-state index in [9.17, 15) is 14.4 Å². The van der Waals surface area contributed by atoms with Crippen LogP contribution >= 0.6 is 0 Å². The molecule has 27 heavy (non-hydrogen) atoms. The molecule has 2 heterocycles. The summed E-state index contributed by atoms with van der Waals surface area (Å²) >= 11 is 0. The number of ether oxygens (including phenoxy) is 2. The molecule has 2 saturated heterocycles. The van der Waals surface area contributed by atoms with Crippen molar-refractivity contribution in [2.45, 2.75) is 25.9 Å². The van der Waals surface area contributed by atoms with Crippen molar-refractivity contribution in [3.05, 3.63) is 24.3 Å². The zero-order valence-corrected chi connectivity index (χ0v) is 15.4. The lowest BCUT2D eigenvalue weighted by Gasteiger charge is -2.29. The molecule has 0 unspecified atom stereocenters. The minimum Gasteiger partial charge on any atom is -0.452 e. The first kappa shape index (κ1) is 19.2. The molecule has 0 aliphatic carbocycles. The Bertz CT molecular complexity index is 675. The number of hydrogen-bond acceptors (Lipinski definition) is 6. The molecule has 2 fully saturated rings. The second-order valence-corrected chi connectivity index (χ2v) is 6.75. The highest BCUT2D eigenvalue weighted by molar-refractivity contribution is 5.95. The Morgan fingerprint density at radius 3 is 2.59 bits per heavy atom. The number of morpholine rings is 1. The average Bonchev–Trinajstić information content (AvgIpc) is 2.69. The van der Waals surface area contributed by atoms with Gasteiger partial charge in [0, 0.05) is 37.4 Å². The van der Waals surface area contributed by atoms with Crippen molar-refractivity contribution >= 4 is 29.2 Å². The van der Waals surface area contributed by atoms with Crippen LogP contribution in [0, 0.1) is 5.92 Å². The molecule has 0 radical (unpaired) electrons. The van der Waals surface area contributed by atoms with Gasteiger partial charge in [-0.1, -0.05) is 0 Å². The van der Waals surface area contributed by atoms with Gasteiger partial charge in [0.1, 0.15) is 0 Å². The number of carbonyl (C=O) groups excluding carboxylic acids is 3. The van der Waals surface area contributed by atoms with Crippen molar-refractivity contribution in [2.75, 3.05) is 43.1 Å². The molecule has 3 rings (SSSR count). The molecule has 1 aromatic rings. The molecule has 2 aliphatic rings. The summed E-state index contributed by atoms with van der Waals surface area (Å²) in [4.78, 5) is 37.8. The highest BCUT2D eigenvalue weighted by Crippen LogP contribution is 2.19. The summed E-state index contributed by atoms with van der Waals surface area (Å²) in [7, 11) is 0. The number of esters is 1. The van der Waals surface area contributed by atoms with Crippen LogP contribution in [0.3, 0.4) is 0 Å². The predicted molar refractivity (Wildman–Crippen MR) is 99.4 cm³/mol. The van der Waals surface area contributed by atoms with E-state index in [-0.39, 0.29) is 18.4 Å². The second kappa shape index (κ2) is 8.85. The molecule has 2 N–H and O–H groups in total. The van der Waals surface area contributed by atoms with Gasteiger partial charge in [-0.05, 0) is 37.6 Å². The van der Waals surface area contributed by atoms with Crippen LogP contribution in [0.5, 0.6) is 0 Å². The fourth-order valence-electron chi connectivity index (χ4n) is 3.08. The summed E-state index contributed by atoms with van der Waals surface area (Å²) < 4.78 is 10.6. The van der Waals surface area contributed by atoms with E-state index in [2.05, 4.69) is 15.5 Å². The lowest BCUT2D eigenvalue weighted by Crippen LogP contribution is -2.41. The van der Waals surface area contributed by atoms with Gasteiger partial charge in [-0.2, -0.15) is 0 Å². The zero-order valence-electron chi connectivity index (χ0n) is 15.4. The molecular formula is C19H25N3O5. The Morgan fingerprint density at radius 2 is 1.96 bits per heavy atom. The fraction of sp³-hybridized carbons (Fsp3) is 0.526. The van der Waals surface area contributed by atoms with Crippen molar-refractivity contribution in [1.82, 2.24) is 5.32 Å². The molecule has 0 spiro atoms. The standard InChI is InChI=1S/C19H25N3O5/c1-13(27-19(25)14-2-7-17(23)20-12-14)18(24)21-15-3-5-16(6-4-15)22-8-10-26-11-9-22/h3-6,13-14H,2,7-12H2,1H3,(H,20,23)(H,21,24)/t13-,14+/m0/s1. The SMILES string of the molecule is C[C@H](OC(=O)[C@@H]1CCC(=O)NC1)C(=O)Nc1ccc(N2CCOCC2)cc1. The number of hydrogen-bond donors (Lipinski definition) is 2. The lowest BCUT2D eigenvalue weighted by molar-refractivity contribution is -0.158. The number of anilines is 2. The van der Waals surface area contributed by atoms with E-state index in [1.807, 2.05) is 24.3 Å². The van der Waals surface area contributed by atoms with Crippen molar-refractivity contribution < 1.29 is 23.9 Å². The highest BCUT2D eigenvalue weighted by Gasteiger charge is 2.28. The molecule has 2 atom stereocenters. The van der Waals surface area contributed by atoms with Crippen LogP contribution in [0.2, 0.25) is 0 Å². The second-order valence-electron chi connectivity index (χ2n) is 6.75. The van der Waals surface area contributed by atoms with E-state index in [4.69, 9.17) is 9.47 Å². The van der Waals surface area contributed by atoms with E-state index in [1.165, 1.54) is 6.92 Å². The normalized spacial score (nSPS) is 21.1. The van der Waals surface area contributed by atoms with Crippen LogP contribution in [0.25, 0.3) is 0 Å². The van der Waals surface area contributed by atoms with Crippen molar-refractivity contribution in [1.29, 1.82) is 0 Å². The summed E-state index contributed by atoms with van der Waals surface area (Å²) in [5, 5.41) is 5.39. The number of benzene rings is 1. The summed E-state index contributed by atoms with van der Waals surface area (Å²) in [6, 6.07) is 7.55. The Hall–Kier alpha value is -2.61. The summed E-state index contributed by atoms with van der Waals surface area (Å²) in [5.41, 5.74) is 1.72. The van der Waals surface area contributed by atoms with E-state index in [1.54, 1.807) is 0 Å². The quantitative estimate of drug-likeness (QED) is 0.743.